The molecule has 0 aromatic carbocycles. The monoisotopic (exact) mass is 236 g/mol. The molecule has 1 atom stereocenters. The summed E-state index contributed by atoms with van der Waals surface area (Å²) in [5.41, 5.74) is 0.850. The van der Waals surface area contributed by atoms with Crippen molar-refractivity contribution < 1.29 is 4.42 Å². The van der Waals surface area contributed by atoms with Crippen LogP contribution in [0, 0.1) is 0 Å². The van der Waals surface area contributed by atoms with Gasteiger partial charge in [0, 0.05) is 18.7 Å². The molecule has 2 aromatic rings. The van der Waals surface area contributed by atoms with Crippen molar-refractivity contribution in [3.8, 4) is 0 Å². The Morgan fingerprint density at radius 3 is 3.06 bits per heavy atom. The standard InChI is InChI=1S/C12H13ClN2O/c1-9(7-10-3-2-6-16-10)15-12-8-14-5-4-11(12)13/h2-6,8-9,15H,7H2,1H3. The number of rotatable bonds is 4. The lowest BCUT2D eigenvalue weighted by atomic mass is 10.2. The van der Waals surface area contributed by atoms with E-state index in [-0.39, 0.29) is 6.04 Å². The molecule has 2 rings (SSSR count). The van der Waals surface area contributed by atoms with Crippen molar-refractivity contribution >= 4 is 17.3 Å². The Kier molecular flexibility index (Phi) is 3.47. The molecule has 0 bridgehead atoms. The van der Waals surface area contributed by atoms with E-state index in [2.05, 4.69) is 17.2 Å². The molecule has 0 aliphatic heterocycles. The normalized spacial score (nSPS) is 12.4. The van der Waals surface area contributed by atoms with Gasteiger partial charge in [0.1, 0.15) is 5.76 Å². The molecule has 0 aliphatic carbocycles. The van der Waals surface area contributed by atoms with E-state index in [0.29, 0.717) is 5.02 Å². The van der Waals surface area contributed by atoms with Crippen LogP contribution in [0.1, 0.15) is 12.7 Å². The van der Waals surface area contributed by atoms with E-state index in [1.54, 1.807) is 24.7 Å². The van der Waals surface area contributed by atoms with Gasteiger partial charge in [0.05, 0.1) is 23.2 Å². The molecule has 16 heavy (non-hydrogen) atoms. The van der Waals surface area contributed by atoms with E-state index in [9.17, 15) is 0 Å². The summed E-state index contributed by atoms with van der Waals surface area (Å²) in [6, 6.07) is 5.86. The highest BCUT2D eigenvalue weighted by atomic mass is 35.5. The van der Waals surface area contributed by atoms with Crippen molar-refractivity contribution in [3.63, 3.8) is 0 Å². The second-order valence-electron chi connectivity index (χ2n) is 3.68. The summed E-state index contributed by atoms with van der Waals surface area (Å²) in [7, 11) is 0. The average Bonchev–Trinajstić information content (AvgIpc) is 2.74. The third-order valence-corrected chi connectivity index (χ3v) is 2.59. The van der Waals surface area contributed by atoms with Crippen LogP contribution in [0.4, 0.5) is 5.69 Å². The van der Waals surface area contributed by atoms with Crippen LogP contribution in [0.15, 0.2) is 41.3 Å². The number of aromatic nitrogens is 1. The average molecular weight is 237 g/mol. The highest BCUT2D eigenvalue weighted by Crippen LogP contribution is 2.20. The summed E-state index contributed by atoms with van der Waals surface area (Å²) in [5.74, 6) is 0.958. The first-order chi connectivity index (χ1) is 7.75. The van der Waals surface area contributed by atoms with Crippen LogP contribution < -0.4 is 5.32 Å². The Morgan fingerprint density at radius 1 is 1.50 bits per heavy atom. The zero-order valence-corrected chi connectivity index (χ0v) is 9.74. The molecule has 0 amide bonds. The smallest absolute Gasteiger partial charge is 0.105 e. The van der Waals surface area contributed by atoms with E-state index in [0.717, 1.165) is 17.9 Å². The number of hydrogen-bond donors (Lipinski definition) is 1. The van der Waals surface area contributed by atoms with Gasteiger partial charge in [-0.1, -0.05) is 11.6 Å². The maximum atomic E-state index is 6.02. The molecule has 0 spiro atoms. The van der Waals surface area contributed by atoms with Gasteiger partial charge >= 0.3 is 0 Å². The Morgan fingerprint density at radius 2 is 2.38 bits per heavy atom. The number of hydrogen-bond acceptors (Lipinski definition) is 3. The molecule has 0 fully saturated rings. The molecular formula is C12H13ClN2O. The van der Waals surface area contributed by atoms with E-state index in [4.69, 9.17) is 16.0 Å². The van der Waals surface area contributed by atoms with Gasteiger partial charge in [0.2, 0.25) is 0 Å². The maximum absolute atomic E-state index is 6.02. The van der Waals surface area contributed by atoms with Gasteiger partial charge in [-0.2, -0.15) is 0 Å². The summed E-state index contributed by atoms with van der Waals surface area (Å²) < 4.78 is 5.28. The van der Waals surface area contributed by atoms with Crippen LogP contribution in [0.2, 0.25) is 5.02 Å². The fourth-order valence-electron chi connectivity index (χ4n) is 1.53. The topological polar surface area (TPSA) is 38.1 Å². The lowest BCUT2D eigenvalue weighted by Gasteiger charge is -2.14. The van der Waals surface area contributed by atoms with Crippen molar-refractivity contribution in [1.29, 1.82) is 0 Å². The van der Waals surface area contributed by atoms with Crippen LogP contribution in [0.25, 0.3) is 0 Å². The largest absolute Gasteiger partial charge is 0.469 e. The summed E-state index contributed by atoms with van der Waals surface area (Å²) in [5, 5.41) is 3.98. The number of nitrogens with zero attached hydrogens (tertiary/aromatic N) is 1. The first-order valence-electron chi connectivity index (χ1n) is 5.14. The molecular weight excluding hydrogens is 224 g/mol. The predicted octanol–water partition coefficient (Wildman–Crippen LogP) is 3.37. The van der Waals surface area contributed by atoms with Crippen LogP contribution in [0.3, 0.4) is 0 Å². The minimum atomic E-state index is 0.243. The highest BCUT2D eigenvalue weighted by molar-refractivity contribution is 6.33. The predicted molar refractivity (Wildman–Crippen MR) is 64.7 cm³/mol. The molecule has 2 heterocycles. The number of pyridine rings is 1. The Labute approximate surface area is 99.5 Å². The zero-order valence-electron chi connectivity index (χ0n) is 8.98. The minimum absolute atomic E-state index is 0.243. The lowest BCUT2D eigenvalue weighted by Crippen LogP contribution is -2.18. The van der Waals surface area contributed by atoms with E-state index in [1.165, 1.54) is 0 Å². The Hall–Kier alpha value is -1.48. The summed E-state index contributed by atoms with van der Waals surface area (Å²) in [6.45, 7) is 2.08. The molecule has 3 nitrogen and oxygen atoms in total. The second kappa shape index (κ2) is 5.03. The van der Waals surface area contributed by atoms with Crippen LogP contribution in [0.5, 0.6) is 0 Å². The lowest BCUT2D eigenvalue weighted by molar-refractivity contribution is 0.498. The Balaban J connectivity index is 1.97. The van der Waals surface area contributed by atoms with Gasteiger partial charge < -0.3 is 9.73 Å². The third-order valence-electron chi connectivity index (χ3n) is 2.26. The zero-order chi connectivity index (χ0) is 11.4. The van der Waals surface area contributed by atoms with E-state index in [1.807, 2.05) is 12.1 Å². The summed E-state index contributed by atoms with van der Waals surface area (Å²) in [4.78, 5) is 4.03. The molecule has 4 heteroatoms. The Bertz CT molecular complexity index is 442. The van der Waals surface area contributed by atoms with Gasteiger partial charge in [-0.15, -0.1) is 0 Å². The van der Waals surface area contributed by atoms with Gasteiger partial charge in [0.15, 0.2) is 0 Å². The third kappa shape index (κ3) is 2.76. The van der Waals surface area contributed by atoms with Crippen LogP contribution in [-0.2, 0) is 6.42 Å². The van der Waals surface area contributed by atoms with Crippen LogP contribution >= 0.6 is 11.6 Å². The summed E-state index contributed by atoms with van der Waals surface area (Å²) in [6.07, 6.45) is 5.89. The molecule has 0 saturated carbocycles. The fraction of sp³-hybridized carbons (Fsp3) is 0.250. The SMILES string of the molecule is CC(Cc1ccco1)Nc1cnccc1Cl. The molecule has 0 saturated heterocycles. The molecule has 84 valence electrons. The first kappa shape index (κ1) is 11.0. The number of anilines is 1. The number of halogens is 1. The van der Waals surface area contributed by atoms with Crippen LogP contribution in [-0.4, -0.2) is 11.0 Å². The van der Waals surface area contributed by atoms with E-state index < -0.39 is 0 Å². The minimum Gasteiger partial charge on any atom is -0.469 e. The number of furan rings is 1. The number of nitrogens with one attached hydrogen (secondary N) is 1. The molecule has 1 N–H and O–H groups in total. The van der Waals surface area contributed by atoms with Crippen molar-refractivity contribution in [3.05, 3.63) is 47.6 Å². The summed E-state index contributed by atoms with van der Waals surface area (Å²) >= 11 is 6.02. The second-order valence-corrected chi connectivity index (χ2v) is 4.09. The van der Waals surface area contributed by atoms with Crippen molar-refractivity contribution in [2.75, 3.05) is 5.32 Å². The molecule has 2 aromatic heterocycles. The van der Waals surface area contributed by atoms with Crippen molar-refractivity contribution in [2.24, 2.45) is 0 Å². The van der Waals surface area contributed by atoms with Gasteiger partial charge in [-0.3, -0.25) is 4.98 Å². The maximum Gasteiger partial charge on any atom is 0.105 e. The van der Waals surface area contributed by atoms with Gasteiger partial charge in [-0.25, -0.2) is 0 Å². The quantitative estimate of drug-likeness (QED) is 0.885. The first-order valence-corrected chi connectivity index (χ1v) is 5.52. The van der Waals surface area contributed by atoms with Crippen molar-refractivity contribution in [2.45, 2.75) is 19.4 Å². The van der Waals surface area contributed by atoms with E-state index >= 15 is 0 Å². The fourth-order valence-corrected chi connectivity index (χ4v) is 1.69. The highest BCUT2D eigenvalue weighted by Gasteiger charge is 2.07. The molecule has 0 aliphatic rings. The van der Waals surface area contributed by atoms with Gasteiger partial charge in [-0.05, 0) is 25.1 Å². The molecule has 1 unspecified atom stereocenters. The van der Waals surface area contributed by atoms with Crippen molar-refractivity contribution in [1.82, 2.24) is 4.98 Å². The van der Waals surface area contributed by atoms with Gasteiger partial charge in [0.25, 0.3) is 0 Å². The molecule has 0 radical (unpaired) electrons.